The van der Waals surface area contributed by atoms with Gasteiger partial charge in [-0.05, 0) is 6.42 Å². The average Bonchev–Trinajstić information content (AvgIpc) is 1.85. The molecule has 0 aromatic carbocycles. The molecule has 0 atom stereocenters. The second kappa shape index (κ2) is 8.47. The molecular formula is C6H13NaO4S. The van der Waals surface area contributed by atoms with Crippen LogP contribution < -0.4 is 29.6 Å². The van der Waals surface area contributed by atoms with Crippen molar-refractivity contribution < 1.29 is 47.3 Å². The summed E-state index contributed by atoms with van der Waals surface area (Å²) in [5, 5.41) is 0. The van der Waals surface area contributed by atoms with Gasteiger partial charge in [0.15, 0.2) is 0 Å². The number of ether oxygens (including phenoxy) is 1. The first-order valence-electron chi connectivity index (χ1n) is 3.57. The Balaban J connectivity index is 0. The monoisotopic (exact) mass is 204 g/mol. The summed E-state index contributed by atoms with van der Waals surface area (Å²) in [6.45, 7) is 2.56. The maximum absolute atomic E-state index is 10.0. The van der Waals surface area contributed by atoms with Crippen LogP contribution in [-0.2, 0) is 14.9 Å². The zero-order valence-electron chi connectivity index (χ0n) is 7.58. The van der Waals surface area contributed by atoms with E-state index < -0.39 is 15.9 Å². The molecule has 0 rings (SSSR count). The van der Waals surface area contributed by atoms with Crippen LogP contribution in [0.25, 0.3) is 0 Å². The van der Waals surface area contributed by atoms with E-state index in [-0.39, 0.29) is 36.2 Å². The van der Waals surface area contributed by atoms with Crippen molar-refractivity contribution in [1.82, 2.24) is 0 Å². The molecule has 4 nitrogen and oxygen atoms in total. The molecule has 0 aliphatic heterocycles. The van der Waals surface area contributed by atoms with Crippen molar-refractivity contribution in [2.24, 2.45) is 0 Å². The predicted molar refractivity (Wildman–Crippen MR) is 40.3 cm³/mol. The molecule has 0 bridgehead atoms. The fourth-order valence-electron chi connectivity index (χ4n) is 0.509. The van der Waals surface area contributed by atoms with E-state index >= 15 is 0 Å². The second-order valence-electron chi connectivity index (χ2n) is 2.23. The van der Waals surface area contributed by atoms with Crippen LogP contribution in [0.1, 0.15) is 19.8 Å². The van der Waals surface area contributed by atoms with Gasteiger partial charge in [-0.2, -0.15) is 0 Å². The summed E-state index contributed by atoms with van der Waals surface area (Å²) in [7, 11) is -4.09. The summed E-state index contributed by atoms with van der Waals surface area (Å²) in [5.74, 6) is -0.420. The van der Waals surface area contributed by atoms with Crippen LogP contribution in [0.3, 0.4) is 0 Å². The molecule has 0 amide bonds. The number of hydrogen-bond acceptors (Lipinski definition) is 4. The Hall–Kier alpha value is 0.870. The van der Waals surface area contributed by atoms with E-state index in [4.69, 9.17) is 4.74 Å². The molecule has 0 saturated carbocycles. The summed E-state index contributed by atoms with van der Waals surface area (Å²) in [6, 6.07) is 0. The Kier molecular flexibility index (Phi) is 10.8. The molecule has 0 aromatic heterocycles. The van der Waals surface area contributed by atoms with Gasteiger partial charge in [-0.3, -0.25) is 0 Å². The van der Waals surface area contributed by atoms with E-state index in [1.54, 1.807) is 0 Å². The molecule has 0 unspecified atom stereocenters. The fourth-order valence-corrected chi connectivity index (χ4v) is 0.831. The first kappa shape index (κ1) is 15.3. The molecule has 6 heteroatoms. The van der Waals surface area contributed by atoms with E-state index in [2.05, 4.69) is 0 Å². The van der Waals surface area contributed by atoms with Gasteiger partial charge in [0.1, 0.15) is 0 Å². The van der Waals surface area contributed by atoms with Gasteiger partial charge in [0.05, 0.1) is 22.5 Å². The van der Waals surface area contributed by atoms with Gasteiger partial charge < -0.3 is 9.29 Å². The number of unbranched alkanes of at least 4 members (excludes halogenated alkanes) is 1. The molecule has 0 radical (unpaired) electrons. The van der Waals surface area contributed by atoms with Crippen LogP contribution in [-0.4, -0.2) is 31.9 Å². The van der Waals surface area contributed by atoms with Gasteiger partial charge in [0.2, 0.25) is 0 Å². The smallest absolute Gasteiger partial charge is 0.748 e. The SMILES string of the molecule is CCCCOCCS(=O)(=O)[O-].[Na+]. The molecule has 0 saturated heterocycles. The zero-order chi connectivity index (χ0) is 8.74. The Bertz CT molecular complexity index is 178. The van der Waals surface area contributed by atoms with Crippen molar-refractivity contribution in [3.05, 3.63) is 0 Å². The number of rotatable bonds is 6. The standard InChI is InChI=1S/C6H14O4S.Na/c1-2-3-4-10-5-6-11(7,8)9;/h2-6H2,1H3,(H,7,8,9);/q;+1/p-1. The third kappa shape index (κ3) is 13.5. The molecule has 0 aliphatic rings. The molecule has 0 N–H and O–H groups in total. The van der Waals surface area contributed by atoms with E-state index in [9.17, 15) is 13.0 Å². The maximum atomic E-state index is 10.0. The van der Waals surface area contributed by atoms with E-state index in [1.807, 2.05) is 6.92 Å². The molecule has 0 spiro atoms. The molecule has 68 valence electrons. The molecular weight excluding hydrogens is 191 g/mol. The fraction of sp³-hybridized carbons (Fsp3) is 1.00. The van der Waals surface area contributed by atoms with Crippen molar-refractivity contribution in [3.8, 4) is 0 Å². The maximum Gasteiger partial charge on any atom is 1.00 e. The zero-order valence-corrected chi connectivity index (χ0v) is 10.4. The first-order chi connectivity index (χ1) is 5.06. The Morgan fingerprint density at radius 3 is 2.33 bits per heavy atom. The summed E-state index contributed by atoms with van der Waals surface area (Å²) < 4.78 is 35.0. The molecule has 0 heterocycles. The molecule has 0 aliphatic carbocycles. The van der Waals surface area contributed by atoms with Gasteiger partial charge in [0, 0.05) is 6.61 Å². The third-order valence-corrected chi connectivity index (χ3v) is 1.79. The molecule has 12 heavy (non-hydrogen) atoms. The van der Waals surface area contributed by atoms with Crippen molar-refractivity contribution in [2.45, 2.75) is 19.8 Å². The van der Waals surface area contributed by atoms with E-state index in [0.717, 1.165) is 12.8 Å². The summed E-state index contributed by atoms with van der Waals surface area (Å²) >= 11 is 0. The normalized spacial score (nSPS) is 10.8. The van der Waals surface area contributed by atoms with Crippen LogP contribution >= 0.6 is 0 Å². The van der Waals surface area contributed by atoms with E-state index in [0.29, 0.717) is 6.61 Å². The van der Waals surface area contributed by atoms with E-state index in [1.165, 1.54) is 0 Å². The van der Waals surface area contributed by atoms with Crippen molar-refractivity contribution in [1.29, 1.82) is 0 Å². The summed E-state index contributed by atoms with van der Waals surface area (Å²) in [4.78, 5) is 0. The minimum atomic E-state index is -4.09. The number of hydrogen-bond donors (Lipinski definition) is 0. The van der Waals surface area contributed by atoms with Gasteiger partial charge >= 0.3 is 29.6 Å². The third-order valence-electron chi connectivity index (χ3n) is 1.12. The average molecular weight is 204 g/mol. The largest absolute Gasteiger partial charge is 1.00 e. The predicted octanol–water partition coefficient (Wildman–Crippen LogP) is -2.65. The quantitative estimate of drug-likeness (QED) is 0.269. The molecule has 0 fully saturated rings. The van der Waals surface area contributed by atoms with Crippen molar-refractivity contribution >= 4 is 10.1 Å². The molecule has 0 aromatic rings. The van der Waals surface area contributed by atoms with Crippen LogP contribution in [0.2, 0.25) is 0 Å². The summed E-state index contributed by atoms with van der Waals surface area (Å²) in [5.41, 5.74) is 0. The second-order valence-corrected chi connectivity index (χ2v) is 3.75. The Labute approximate surface area is 95.7 Å². The Morgan fingerprint density at radius 2 is 1.92 bits per heavy atom. The van der Waals surface area contributed by atoms with Crippen LogP contribution in [0.15, 0.2) is 0 Å². The minimum Gasteiger partial charge on any atom is -0.748 e. The van der Waals surface area contributed by atoms with Crippen LogP contribution in [0.4, 0.5) is 0 Å². The topological polar surface area (TPSA) is 66.4 Å². The van der Waals surface area contributed by atoms with Crippen molar-refractivity contribution in [2.75, 3.05) is 19.0 Å². The Morgan fingerprint density at radius 1 is 1.33 bits per heavy atom. The minimum absolute atomic E-state index is 0. The van der Waals surface area contributed by atoms with Gasteiger partial charge in [-0.1, -0.05) is 13.3 Å². The summed E-state index contributed by atoms with van der Waals surface area (Å²) in [6.07, 6.45) is 1.91. The van der Waals surface area contributed by atoms with Gasteiger partial charge in [0.25, 0.3) is 0 Å². The van der Waals surface area contributed by atoms with Crippen LogP contribution in [0.5, 0.6) is 0 Å². The van der Waals surface area contributed by atoms with Crippen LogP contribution in [0, 0.1) is 0 Å². The first-order valence-corrected chi connectivity index (χ1v) is 5.15. The van der Waals surface area contributed by atoms with Gasteiger partial charge in [-0.25, -0.2) is 8.42 Å². The van der Waals surface area contributed by atoms with Gasteiger partial charge in [-0.15, -0.1) is 0 Å². The van der Waals surface area contributed by atoms with Crippen molar-refractivity contribution in [3.63, 3.8) is 0 Å².